The quantitative estimate of drug-likeness (QED) is 0.326. The summed E-state index contributed by atoms with van der Waals surface area (Å²) in [6.45, 7) is 7.75. The number of hydrogen-bond donors (Lipinski definition) is 3. The van der Waals surface area contributed by atoms with Crippen molar-refractivity contribution < 1.29 is 28.6 Å². The molecule has 2 aromatic rings. The van der Waals surface area contributed by atoms with Crippen LogP contribution in [0.25, 0.3) is 0 Å². The van der Waals surface area contributed by atoms with E-state index in [1.54, 1.807) is 14.0 Å². The SMILES string of the molecule is CC(N)C1COC1.CC1(C(=O)C(Cc2ccccc2)NC(=O)CNC=O)CO1.COc1ccc(C)cc1. The van der Waals surface area contributed by atoms with E-state index in [-0.39, 0.29) is 12.3 Å². The molecule has 2 aromatic carbocycles. The summed E-state index contributed by atoms with van der Waals surface area (Å²) < 4.78 is 15.1. The fourth-order valence-corrected chi connectivity index (χ4v) is 3.29. The lowest BCUT2D eigenvalue weighted by molar-refractivity contribution is -0.130. The number of nitrogens with two attached hydrogens (primary N) is 1. The molecule has 0 bridgehead atoms. The zero-order valence-corrected chi connectivity index (χ0v) is 22.1. The van der Waals surface area contributed by atoms with Gasteiger partial charge < -0.3 is 30.6 Å². The molecule has 2 amide bonds. The maximum absolute atomic E-state index is 12.4. The lowest BCUT2D eigenvalue weighted by atomic mass is 9.95. The van der Waals surface area contributed by atoms with Crippen LogP contribution in [0.5, 0.6) is 5.75 Å². The van der Waals surface area contributed by atoms with Gasteiger partial charge in [0.15, 0.2) is 5.78 Å². The van der Waals surface area contributed by atoms with E-state index in [1.807, 2.05) is 61.5 Å². The molecule has 4 rings (SSSR count). The van der Waals surface area contributed by atoms with Gasteiger partial charge in [0.2, 0.25) is 12.3 Å². The number of rotatable bonds is 10. The summed E-state index contributed by atoms with van der Waals surface area (Å²) in [5.41, 5.74) is 6.92. The number of hydrogen-bond acceptors (Lipinski definition) is 7. The van der Waals surface area contributed by atoms with E-state index in [4.69, 9.17) is 19.9 Å². The number of carbonyl (C=O) groups is 3. The molecule has 9 heteroatoms. The summed E-state index contributed by atoms with van der Waals surface area (Å²) in [7, 11) is 1.67. The van der Waals surface area contributed by atoms with E-state index in [9.17, 15) is 14.4 Å². The molecule has 3 atom stereocenters. The Labute approximate surface area is 219 Å². The van der Waals surface area contributed by atoms with Crippen LogP contribution in [0.4, 0.5) is 0 Å². The van der Waals surface area contributed by atoms with Crippen molar-refractivity contribution in [1.82, 2.24) is 10.6 Å². The van der Waals surface area contributed by atoms with E-state index < -0.39 is 17.6 Å². The molecule has 2 aliphatic rings. The first-order valence-electron chi connectivity index (χ1n) is 12.3. The molecule has 37 heavy (non-hydrogen) atoms. The second kappa shape index (κ2) is 15.1. The molecule has 2 aliphatic heterocycles. The van der Waals surface area contributed by atoms with Crippen molar-refractivity contribution >= 4 is 18.1 Å². The highest BCUT2D eigenvalue weighted by molar-refractivity contribution is 5.97. The van der Waals surface area contributed by atoms with Crippen LogP contribution in [0.3, 0.4) is 0 Å². The van der Waals surface area contributed by atoms with Crippen molar-refractivity contribution in [3.63, 3.8) is 0 Å². The van der Waals surface area contributed by atoms with E-state index in [1.165, 1.54) is 5.56 Å². The maximum atomic E-state index is 12.4. The molecule has 0 aliphatic carbocycles. The van der Waals surface area contributed by atoms with Gasteiger partial charge in [0.25, 0.3) is 0 Å². The van der Waals surface area contributed by atoms with Crippen LogP contribution in [-0.2, 0) is 30.3 Å². The Bertz CT molecular complexity index is 973. The molecule has 2 fully saturated rings. The molecule has 4 N–H and O–H groups in total. The van der Waals surface area contributed by atoms with Crippen LogP contribution >= 0.6 is 0 Å². The van der Waals surface area contributed by atoms with Gasteiger partial charge in [-0.2, -0.15) is 0 Å². The monoisotopic (exact) mass is 513 g/mol. The summed E-state index contributed by atoms with van der Waals surface area (Å²) in [5.74, 6) is 1.01. The maximum Gasteiger partial charge on any atom is 0.239 e. The zero-order chi connectivity index (χ0) is 27.3. The first-order chi connectivity index (χ1) is 17.7. The largest absolute Gasteiger partial charge is 0.497 e. The molecule has 0 aromatic heterocycles. The number of nitrogens with one attached hydrogen (secondary N) is 2. The second-order valence-corrected chi connectivity index (χ2v) is 9.37. The predicted octanol–water partition coefficient (Wildman–Crippen LogP) is 1.80. The fraction of sp³-hybridized carbons (Fsp3) is 0.464. The molecule has 2 saturated heterocycles. The highest BCUT2D eigenvalue weighted by Gasteiger charge is 2.49. The minimum absolute atomic E-state index is 0.147. The van der Waals surface area contributed by atoms with Gasteiger partial charge in [-0.05, 0) is 44.9 Å². The van der Waals surface area contributed by atoms with Gasteiger partial charge in [-0.25, -0.2) is 0 Å². The van der Waals surface area contributed by atoms with Crippen LogP contribution < -0.4 is 21.1 Å². The molecule has 0 saturated carbocycles. The normalized spacial score (nSPS) is 19.3. The minimum Gasteiger partial charge on any atom is -0.497 e. The zero-order valence-electron chi connectivity index (χ0n) is 22.1. The smallest absolute Gasteiger partial charge is 0.239 e. The van der Waals surface area contributed by atoms with Crippen molar-refractivity contribution in [2.75, 3.05) is 33.5 Å². The van der Waals surface area contributed by atoms with Crippen LogP contribution in [0, 0.1) is 12.8 Å². The lowest BCUT2D eigenvalue weighted by Crippen LogP contribution is -2.49. The summed E-state index contributed by atoms with van der Waals surface area (Å²) >= 11 is 0. The van der Waals surface area contributed by atoms with Crippen molar-refractivity contribution in [2.45, 2.75) is 44.9 Å². The topological polar surface area (TPSA) is 132 Å². The minimum atomic E-state index is -0.801. The highest BCUT2D eigenvalue weighted by atomic mass is 16.6. The summed E-state index contributed by atoms with van der Waals surface area (Å²) in [5, 5.41) is 4.93. The van der Waals surface area contributed by atoms with Gasteiger partial charge in [-0.3, -0.25) is 14.4 Å². The molecule has 0 radical (unpaired) electrons. The number of epoxide rings is 1. The highest BCUT2D eigenvalue weighted by Crippen LogP contribution is 2.29. The Morgan fingerprint density at radius 3 is 2.22 bits per heavy atom. The van der Waals surface area contributed by atoms with Gasteiger partial charge in [0, 0.05) is 12.0 Å². The second-order valence-electron chi connectivity index (χ2n) is 9.37. The van der Waals surface area contributed by atoms with Gasteiger partial charge in [0.05, 0.1) is 39.5 Å². The molecular formula is C28H39N3O6. The third kappa shape index (κ3) is 10.7. The predicted molar refractivity (Wildman–Crippen MR) is 141 cm³/mol. The van der Waals surface area contributed by atoms with E-state index in [2.05, 4.69) is 17.6 Å². The van der Waals surface area contributed by atoms with Crippen LogP contribution in [-0.4, -0.2) is 69.3 Å². The number of carbonyl (C=O) groups excluding carboxylic acids is 3. The number of Topliss-reactive ketones (excluding diaryl/α,β-unsaturated/α-hetero) is 1. The Kier molecular flexibility index (Phi) is 12.2. The number of ketones is 1. The van der Waals surface area contributed by atoms with Crippen molar-refractivity contribution in [3.05, 3.63) is 65.7 Å². The van der Waals surface area contributed by atoms with E-state index >= 15 is 0 Å². The molecule has 202 valence electrons. The van der Waals surface area contributed by atoms with Crippen LogP contribution in [0.1, 0.15) is 25.0 Å². The Morgan fingerprint density at radius 2 is 1.78 bits per heavy atom. The molecule has 3 unspecified atom stereocenters. The number of ether oxygens (including phenoxy) is 3. The van der Waals surface area contributed by atoms with Gasteiger partial charge >= 0.3 is 0 Å². The number of amides is 2. The molecular weight excluding hydrogens is 474 g/mol. The van der Waals surface area contributed by atoms with Crippen LogP contribution in [0.15, 0.2) is 54.6 Å². The Morgan fingerprint density at radius 1 is 1.16 bits per heavy atom. The third-order valence-electron chi connectivity index (χ3n) is 6.04. The number of aryl methyl sites for hydroxylation is 1. The van der Waals surface area contributed by atoms with E-state index in [0.717, 1.165) is 24.5 Å². The standard InChI is InChI=1S/C15H18N2O4.C8H10O.C5H11NO/c1-15(9-21-15)14(20)12(17-13(19)8-16-10-18)7-11-5-3-2-4-6-11;1-7-3-5-8(9-2)6-4-7;1-4(6)5-2-7-3-5/h2-6,10,12H,7-9H2,1H3,(H,16,18)(H,17,19);3-6H,1-2H3;4-5H,2-3,6H2,1H3. The lowest BCUT2D eigenvalue weighted by Gasteiger charge is -2.28. The summed E-state index contributed by atoms with van der Waals surface area (Å²) in [6.07, 6.45) is 0.838. The summed E-state index contributed by atoms with van der Waals surface area (Å²) in [4.78, 5) is 34.4. The Balaban J connectivity index is 0.000000244. The van der Waals surface area contributed by atoms with Crippen LogP contribution in [0.2, 0.25) is 0 Å². The average molecular weight is 514 g/mol. The van der Waals surface area contributed by atoms with Gasteiger partial charge in [0.1, 0.15) is 11.4 Å². The van der Waals surface area contributed by atoms with Gasteiger partial charge in [-0.1, -0.05) is 48.0 Å². The first kappa shape index (κ1) is 30.0. The molecule has 9 nitrogen and oxygen atoms in total. The Hall–Kier alpha value is -3.27. The van der Waals surface area contributed by atoms with E-state index in [0.29, 0.717) is 31.4 Å². The first-order valence-corrected chi connectivity index (χ1v) is 12.3. The average Bonchev–Trinajstić information content (AvgIpc) is 3.61. The third-order valence-corrected chi connectivity index (χ3v) is 6.04. The number of benzene rings is 2. The van der Waals surface area contributed by atoms with Crippen molar-refractivity contribution in [1.29, 1.82) is 0 Å². The fourth-order valence-electron chi connectivity index (χ4n) is 3.29. The molecule has 0 spiro atoms. The van der Waals surface area contributed by atoms with Crippen molar-refractivity contribution in [2.24, 2.45) is 11.7 Å². The summed E-state index contributed by atoms with van der Waals surface area (Å²) in [6, 6.07) is 17.1. The van der Waals surface area contributed by atoms with Gasteiger partial charge in [-0.15, -0.1) is 0 Å². The number of methoxy groups -OCH3 is 1. The molecule has 2 heterocycles. The van der Waals surface area contributed by atoms with Crippen molar-refractivity contribution in [3.8, 4) is 5.75 Å².